The summed E-state index contributed by atoms with van der Waals surface area (Å²) in [5, 5.41) is 12.6. The number of nitrogens with zero attached hydrogens (tertiary/aromatic N) is 3. The van der Waals surface area contributed by atoms with Gasteiger partial charge in [0.2, 0.25) is 5.13 Å². The first kappa shape index (κ1) is 14.5. The lowest BCUT2D eigenvalue weighted by molar-refractivity contribution is 0.628. The molecule has 0 bridgehead atoms. The summed E-state index contributed by atoms with van der Waals surface area (Å²) in [7, 11) is 0. The van der Waals surface area contributed by atoms with E-state index in [4.69, 9.17) is 5.73 Å². The molecule has 24 heavy (non-hydrogen) atoms. The van der Waals surface area contributed by atoms with E-state index in [1.165, 1.54) is 23.5 Å². The minimum absolute atomic E-state index is 0.273. The summed E-state index contributed by atoms with van der Waals surface area (Å²) in [6, 6.07) is 13.9. The first-order valence-electron chi connectivity index (χ1n) is 7.20. The Hall–Kier alpha value is -3.06. The number of hydrogen-bond acceptors (Lipinski definition) is 5. The van der Waals surface area contributed by atoms with Gasteiger partial charge in [0, 0.05) is 21.7 Å². The number of fused-ring (bicyclic) bond motifs is 1. The molecule has 5 nitrogen and oxygen atoms in total. The van der Waals surface area contributed by atoms with Crippen LogP contribution in [0.25, 0.3) is 22.0 Å². The van der Waals surface area contributed by atoms with E-state index >= 15 is 0 Å². The minimum Gasteiger partial charge on any atom is -0.385 e. The van der Waals surface area contributed by atoms with Crippen molar-refractivity contribution in [3.63, 3.8) is 0 Å². The lowest BCUT2D eigenvalue weighted by Crippen LogP contribution is -1.82. The van der Waals surface area contributed by atoms with Crippen LogP contribution in [0.15, 0.2) is 64.1 Å². The molecule has 0 fully saturated rings. The van der Waals surface area contributed by atoms with Crippen molar-refractivity contribution >= 4 is 38.9 Å². The molecule has 0 spiro atoms. The highest BCUT2D eigenvalue weighted by molar-refractivity contribution is 7.13. The summed E-state index contributed by atoms with van der Waals surface area (Å²) in [4.78, 5) is 7.42. The minimum atomic E-state index is -0.273. The summed E-state index contributed by atoms with van der Waals surface area (Å²) in [5.74, 6) is 0.887. The van der Waals surface area contributed by atoms with Crippen LogP contribution in [0.5, 0.6) is 0 Å². The van der Waals surface area contributed by atoms with E-state index in [9.17, 15) is 4.39 Å². The molecule has 0 saturated carbocycles. The van der Waals surface area contributed by atoms with Crippen molar-refractivity contribution in [2.24, 2.45) is 10.2 Å². The molecule has 2 aromatic heterocycles. The third-order valence-electron chi connectivity index (χ3n) is 3.59. The van der Waals surface area contributed by atoms with E-state index < -0.39 is 0 Å². The van der Waals surface area contributed by atoms with Gasteiger partial charge in [0.15, 0.2) is 5.82 Å². The number of benzene rings is 2. The van der Waals surface area contributed by atoms with Crippen LogP contribution in [-0.4, -0.2) is 9.97 Å². The topological polar surface area (TPSA) is 79.4 Å². The van der Waals surface area contributed by atoms with Crippen LogP contribution < -0.4 is 5.73 Å². The highest BCUT2D eigenvalue weighted by Gasteiger charge is 2.08. The molecular weight excluding hydrogens is 325 g/mol. The van der Waals surface area contributed by atoms with Gasteiger partial charge >= 0.3 is 0 Å². The molecule has 0 aliphatic rings. The van der Waals surface area contributed by atoms with Gasteiger partial charge in [-0.3, -0.25) is 0 Å². The molecule has 2 aromatic carbocycles. The number of aromatic amines is 1. The second kappa shape index (κ2) is 5.86. The van der Waals surface area contributed by atoms with Crippen LogP contribution in [0.2, 0.25) is 0 Å². The molecule has 0 unspecified atom stereocenters. The third-order valence-corrected chi connectivity index (χ3v) is 4.32. The fourth-order valence-corrected chi connectivity index (χ4v) is 3.07. The van der Waals surface area contributed by atoms with Gasteiger partial charge in [-0.25, -0.2) is 9.37 Å². The monoisotopic (exact) mass is 337 g/mol. The van der Waals surface area contributed by atoms with E-state index in [0.717, 1.165) is 22.0 Å². The van der Waals surface area contributed by atoms with E-state index in [1.54, 1.807) is 12.1 Å². The molecule has 0 aliphatic heterocycles. The second-order valence-electron chi connectivity index (χ2n) is 5.16. The van der Waals surface area contributed by atoms with E-state index in [-0.39, 0.29) is 5.82 Å². The number of aromatic nitrogens is 2. The zero-order valence-electron chi connectivity index (χ0n) is 12.4. The molecule has 0 saturated heterocycles. The van der Waals surface area contributed by atoms with Crippen molar-refractivity contribution in [2.75, 3.05) is 5.73 Å². The van der Waals surface area contributed by atoms with Crippen molar-refractivity contribution in [2.45, 2.75) is 0 Å². The zero-order valence-corrected chi connectivity index (χ0v) is 13.2. The maximum Gasteiger partial charge on any atom is 0.230 e. The Kier molecular flexibility index (Phi) is 3.55. The van der Waals surface area contributed by atoms with Crippen LogP contribution in [0.3, 0.4) is 0 Å². The number of anilines is 1. The average Bonchev–Trinajstić information content (AvgIpc) is 3.19. The summed E-state index contributed by atoms with van der Waals surface area (Å²) >= 11 is 1.37. The van der Waals surface area contributed by atoms with Crippen LogP contribution in [-0.2, 0) is 0 Å². The molecule has 0 amide bonds. The van der Waals surface area contributed by atoms with Crippen molar-refractivity contribution in [3.05, 3.63) is 59.7 Å². The SMILES string of the molecule is Nc1[nH]c(N=Nc2nc(-c3ccc(F)cc3)cs2)c2ccccc12. The van der Waals surface area contributed by atoms with Crippen molar-refractivity contribution in [3.8, 4) is 11.3 Å². The Labute approximate surface area is 140 Å². The number of H-pyrrole nitrogens is 1. The average molecular weight is 337 g/mol. The molecule has 7 heteroatoms. The first-order valence-corrected chi connectivity index (χ1v) is 8.08. The van der Waals surface area contributed by atoms with E-state index in [0.29, 0.717) is 16.8 Å². The number of hydrogen-bond donors (Lipinski definition) is 2. The van der Waals surface area contributed by atoms with Gasteiger partial charge in [-0.15, -0.1) is 21.6 Å². The predicted molar refractivity (Wildman–Crippen MR) is 94.4 cm³/mol. The van der Waals surface area contributed by atoms with E-state index in [2.05, 4.69) is 20.2 Å². The lowest BCUT2D eigenvalue weighted by Gasteiger charge is -1.94. The molecular formula is C17H12FN5S. The molecule has 2 heterocycles. The fourth-order valence-electron chi connectivity index (χ4n) is 2.42. The molecule has 4 aromatic rings. The number of nitrogens with two attached hydrogens (primary N) is 1. The standard InChI is InChI=1S/C17H12FN5S/c18-11-7-5-10(6-8-11)14-9-24-17(20-14)23-22-16-13-4-2-1-3-12(13)15(19)21-16/h1-9,21H,19H2. The molecule has 0 radical (unpaired) electrons. The largest absolute Gasteiger partial charge is 0.385 e. The number of halogens is 1. The summed E-state index contributed by atoms with van der Waals surface area (Å²) in [6.45, 7) is 0. The maximum atomic E-state index is 13.0. The number of azo groups is 1. The number of nitrogen functional groups attached to an aromatic ring is 1. The summed E-state index contributed by atoms with van der Waals surface area (Å²) in [6.07, 6.45) is 0. The number of nitrogens with one attached hydrogen (secondary N) is 1. The van der Waals surface area contributed by atoms with Gasteiger partial charge in [-0.2, -0.15) is 0 Å². The second-order valence-corrected chi connectivity index (χ2v) is 5.99. The van der Waals surface area contributed by atoms with E-state index in [1.807, 2.05) is 29.6 Å². The molecule has 3 N–H and O–H groups in total. The maximum absolute atomic E-state index is 13.0. The molecule has 4 rings (SSSR count). The van der Waals surface area contributed by atoms with Crippen LogP contribution >= 0.6 is 11.3 Å². The lowest BCUT2D eigenvalue weighted by atomic mass is 10.2. The Morgan fingerprint density at radius 3 is 2.54 bits per heavy atom. The van der Waals surface area contributed by atoms with Crippen molar-refractivity contribution in [1.29, 1.82) is 0 Å². The third kappa shape index (κ3) is 2.65. The normalized spacial score (nSPS) is 11.5. The summed E-state index contributed by atoms with van der Waals surface area (Å²) in [5.41, 5.74) is 7.51. The Balaban J connectivity index is 1.63. The quantitative estimate of drug-likeness (QED) is 0.489. The van der Waals surface area contributed by atoms with Crippen LogP contribution in [0.1, 0.15) is 0 Å². The Morgan fingerprint density at radius 2 is 1.75 bits per heavy atom. The van der Waals surface area contributed by atoms with Gasteiger partial charge in [0.25, 0.3) is 0 Å². The van der Waals surface area contributed by atoms with Crippen LogP contribution in [0.4, 0.5) is 21.2 Å². The number of thiazole rings is 1. The summed E-state index contributed by atoms with van der Waals surface area (Å²) < 4.78 is 13.0. The van der Waals surface area contributed by atoms with Crippen molar-refractivity contribution in [1.82, 2.24) is 9.97 Å². The fraction of sp³-hybridized carbons (Fsp3) is 0. The van der Waals surface area contributed by atoms with Gasteiger partial charge < -0.3 is 10.7 Å². The van der Waals surface area contributed by atoms with Gasteiger partial charge in [0.05, 0.1) is 5.69 Å². The highest BCUT2D eigenvalue weighted by Crippen LogP contribution is 2.32. The highest BCUT2D eigenvalue weighted by atomic mass is 32.1. The van der Waals surface area contributed by atoms with Crippen molar-refractivity contribution < 1.29 is 4.39 Å². The van der Waals surface area contributed by atoms with Gasteiger partial charge in [-0.1, -0.05) is 24.3 Å². The zero-order chi connectivity index (χ0) is 16.5. The smallest absolute Gasteiger partial charge is 0.230 e. The first-order chi connectivity index (χ1) is 11.7. The predicted octanol–water partition coefficient (Wildman–Crippen LogP) is 5.43. The molecule has 118 valence electrons. The molecule has 0 atom stereocenters. The number of rotatable bonds is 3. The van der Waals surface area contributed by atoms with Gasteiger partial charge in [-0.05, 0) is 24.3 Å². The van der Waals surface area contributed by atoms with Crippen LogP contribution in [0, 0.1) is 5.82 Å². The van der Waals surface area contributed by atoms with Gasteiger partial charge in [0.1, 0.15) is 11.6 Å². The molecule has 0 aliphatic carbocycles. The Bertz CT molecular complexity index is 1030. The Morgan fingerprint density at radius 1 is 1.00 bits per heavy atom.